The fourth-order valence-electron chi connectivity index (χ4n) is 3.54. The number of imidazole rings is 1. The van der Waals surface area contributed by atoms with Crippen LogP contribution in [0.5, 0.6) is 0 Å². The molecule has 1 saturated heterocycles. The number of ether oxygens (including phenoxy) is 1. The van der Waals surface area contributed by atoms with Gasteiger partial charge in [-0.2, -0.15) is 0 Å². The number of anilines is 1. The van der Waals surface area contributed by atoms with Crippen LogP contribution in [0.15, 0.2) is 30.6 Å². The molecule has 2 aromatic rings. The molecule has 0 radical (unpaired) electrons. The molecule has 0 spiro atoms. The second-order valence-corrected chi connectivity index (χ2v) is 6.70. The summed E-state index contributed by atoms with van der Waals surface area (Å²) in [6, 6.07) is 5.89. The standard InChI is InChI=1S/C18H25N5O/c1-2-6-19-17(3-1)20-11-16-13-23-8-7-22(14-18(23)21-16)12-15-4-9-24-10-5-15/h1-3,6,13,15H,4-5,7-12,14H2,(H,19,20). The van der Waals surface area contributed by atoms with Gasteiger partial charge in [-0.25, -0.2) is 9.97 Å². The molecule has 2 aromatic heterocycles. The Morgan fingerprint density at radius 1 is 1.21 bits per heavy atom. The van der Waals surface area contributed by atoms with Gasteiger partial charge in [0.05, 0.1) is 18.8 Å². The highest BCUT2D eigenvalue weighted by Crippen LogP contribution is 2.20. The molecule has 128 valence electrons. The van der Waals surface area contributed by atoms with Gasteiger partial charge < -0.3 is 14.6 Å². The molecule has 0 unspecified atom stereocenters. The maximum atomic E-state index is 5.46. The number of aromatic nitrogens is 3. The van der Waals surface area contributed by atoms with E-state index in [0.29, 0.717) is 0 Å². The molecular weight excluding hydrogens is 302 g/mol. The van der Waals surface area contributed by atoms with Gasteiger partial charge in [0.15, 0.2) is 0 Å². The zero-order valence-corrected chi connectivity index (χ0v) is 14.0. The van der Waals surface area contributed by atoms with Crippen LogP contribution in [0.4, 0.5) is 5.82 Å². The molecule has 2 aliphatic rings. The zero-order valence-electron chi connectivity index (χ0n) is 14.0. The minimum atomic E-state index is 0.719. The van der Waals surface area contributed by atoms with E-state index in [2.05, 4.69) is 26.0 Å². The quantitative estimate of drug-likeness (QED) is 0.912. The van der Waals surface area contributed by atoms with Crippen LogP contribution in [0, 0.1) is 5.92 Å². The topological polar surface area (TPSA) is 55.2 Å². The smallest absolute Gasteiger partial charge is 0.126 e. The predicted molar refractivity (Wildman–Crippen MR) is 92.6 cm³/mol. The fraction of sp³-hybridized carbons (Fsp3) is 0.556. The SMILES string of the molecule is c1ccc(NCc2cn3c(n2)CN(CC2CCOCC2)CC3)nc1. The summed E-state index contributed by atoms with van der Waals surface area (Å²) in [5, 5.41) is 3.33. The lowest BCUT2D eigenvalue weighted by Gasteiger charge is -2.32. The number of fused-ring (bicyclic) bond motifs is 1. The van der Waals surface area contributed by atoms with E-state index in [4.69, 9.17) is 9.72 Å². The molecule has 24 heavy (non-hydrogen) atoms. The van der Waals surface area contributed by atoms with Crippen LogP contribution in [0.1, 0.15) is 24.4 Å². The molecule has 0 aliphatic carbocycles. The van der Waals surface area contributed by atoms with E-state index in [1.807, 2.05) is 18.2 Å². The Morgan fingerprint density at radius 3 is 2.96 bits per heavy atom. The van der Waals surface area contributed by atoms with Gasteiger partial charge in [0, 0.05) is 45.2 Å². The van der Waals surface area contributed by atoms with Crippen molar-refractivity contribution in [3.8, 4) is 0 Å². The summed E-state index contributed by atoms with van der Waals surface area (Å²) in [5.74, 6) is 2.86. The summed E-state index contributed by atoms with van der Waals surface area (Å²) < 4.78 is 7.77. The zero-order chi connectivity index (χ0) is 16.2. The Bertz CT molecular complexity index is 651. The Kier molecular flexibility index (Phi) is 4.76. The number of nitrogens with zero attached hydrogens (tertiary/aromatic N) is 4. The summed E-state index contributed by atoms with van der Waals surface area (Å²) in [6.45, 7) is 6.87. The van der Waals surface area contributed by atoms with Crippen molar-refractivity contribution in [3.05, 3.63) is 42.1 Å². The van der Waals surface area contributed by atoms with Crippen molar-refractivity contribution in [2.45, 2.75) is 32.5 Å². The molecule has 1 N–H and O–H groups in total. The lowest BCUT2D eigenvalue weighted by molar-refractivity contribution is 0.0482. The van der Waals surface area contributed by atoms with E-state index in [1.54, 1.807) is 6.20 Å². The van der Waals surface area contributed by atoms with E-state index >= 15 is 0 Å². The highest BCUT2D eigenvalue weighted by Gasteiger charge is 2.22. The third-order valence-corrected chi connectivity index (χ3v) is 4.90. The van der Waals surface area contributed by atoms with Gasteiger partial charge in [-0.3, -0.25) is 4.90 Å². The molecule has 0 saturated carbocycles. The van der Waals surface area contributed by atoms with Crippen molar-refractivity contribution in [2.24, 2.45) is 5.92 Å². The van der Waals surface area contributed by atoms with Crippen molar-refractivity contribution in [1.82, 2.24) is 19.4 Å². The summed E-state index contributed by atoms with van der Waals surface area (Å²) in [6.07, 6.45) is 6.38. The molecule has 1 fully saturated rings. The van der Waals surface area contributed by atoms with Gasteiger partial charge in [0.1, 0.15) is 11.6 Å². The maximum Gasteiger partial charge on any atom is 0.126 e. The van der Waals surface area contributed by atoms with Crippen LogP contribution in [0.2, 0.25) is 0 Å². The minimum absolute atomic E-state index is 0.719. The molecule has 0 amide bonds. The largest absolute Gasteiger partial charge is 0.381 e. The van der Waals surface area contributed by atoms with Crippen molar-refractivity contribution in [3.63, 3.8) is 0 Å². The first-order chi connectivity index (χ1) is 11.9. The van der Waals surface area contributed by atoms with E-state index < -0.39 is 0 Å². The average molecular weight is 327 g/mol. The third-order valence-electron chi connectivity index (χ3n) is 4.90. The summed E-state index contributed by atoms with van der Waals surface area (Å²) in [5.41, 5.74) is 1.09. The van der Waals surface area contributed by atoms with Crippen LogP contribution in [-0.4, -0.2) is 45.7 Å². The molecule has 4 heterocycles. The van der Waals surface area contributed by atoms with Gasteiger partial charge in [0.2, 0.25) is 0 Å². The fourth-order valence-corrected chi connectivity index (χ4v) is 3.54. The van der Waals surface area contributed by atoms with E-state index in [-0.39, 0.29) is 0 Å². The maximum absolute atomic E-state index is 5.46. The third kappa shape index (κ3) is 3.76. The van der Waals surface area contributed by atoms with Crippen LogP contribution in [0.3, 0.4) is 0 Å². The van der Waals surface area contributed by atoms with E-state index in [0.717, 1.165) is 56.8 Å². The molecule has 0 aromatic carbocycles. The van der Waals surface area contributed by atoms with Gasteiger partial charge in [-0.05, 0) is 30.9 Å². The second-order valence-electron chi connectivity index (χ2n) is 6.70. The first-order valence-corrected chi connectivity index (χ1v) is 8.87. The molecule has 2 aliphatic heterocycles. The highest BCUT2D eigenvalue weighted by atomic mass is 16.5. The van der Waals surface area contributed by atoms with Gasteiger partial charge in [-0.1, -0.05) is 6.07 Å². The first-order valence-electron chi connectivity index (χ1n) is 8.87. The van der Waals surface area contributed by atoms with Crippen molar-refractivity contribution >= 4 is 5.82 Å². The van der Waals surface area contributed by atoms with Crippen LogP contribution < -0.4 is 5.32 Å². The Balaban J connectivity index is 1.33. The summed E-state index contributed by atoms with van der Waals surface area (Å²) in [7, 11) is 0. The highest BCUT2D eigenvalue weighted by molar-refractivity contribution is 5.33. The first kappa shape index (κ1) is 15.6. The van der Waals surface area contributed by atoms with Crippen molar-refractivity contribution < 1.29 is 4.74 Å². The number of hydrogen-bond acceptors (Lipinski definition) is 5. The summed E-state index contributed by atoms with van der Waals surface area (Å²) in [4.78, 5) is 11.7. The molecular formula is C18H25N5O. The normalized spacial score (nSPS) is 19.2. The van der Waals surface area contributed by atoms with Crippen LogP contribution >= 0.6 is 0 Å². The van der Waals surface area contributed by atoms with E-state index in [1.165, 1.54) is 25.2 Å². The number of pyridine rings is 1. The van der Waals surface area contributed by atoms with Gasteiger partial charge in [0.25, 0.3) is 0 Å². The molecule has 4 rings (SSSR count). The van der Waals surface area contributed by atoms with Crippen LogP contribution in [-0.2, 0) is 24.4 Å². The Labute approximate surface area is 142 Å². The van der Waals surface area contributed by atoms with E-state index in [9.17, 15) is 0 Å². The number of nitrogens with one attached hydrogen (secondary N) is 1. The molecule has 6 heteroatoms. The number of hydrogen-bond donors (Lipinski definition) is 1. The van der Waals surface area contributed by atoms with Crippen molar-refractivity contribution in [1.29, 1.82) is 0 Å². The lowest BCUT2D eigenvalue weighted by Crippen LogP contribution is -2.38. The average Bonchev–Trinajstić information content (AvgIpc) is 3.04. The predicted octanol–water partition coefficient (Wildman–Crippen LogP) is 2.13. The second kappa shape index (κ2) is 7.32. The Hall–Kier alpha value is -1.92. The lowest BCUT2D eigenvalue weighted by atomic mass is 9.99. The minimum Gasteiger partial charge on any atom is -0.381 e. The van der Waals surface area contributed by atoms with Gasteiger partial charge >= 0.3 is 0 Å². The summed E-state index contributed by atoms with van der Waals surface area (Å²) >= 11 is 0. The Morgan fingerprint density at radius 2 is 2.12 bits per heavy atom. The molecule has 6 nitrogen and oxygen atoms in total. The van der Waals surface area contributed by atoms with Crippen molar-refractivity contribution in [2.75, 3.05) is 31.6 Å². The molecule has 0 bridgehead atoms. The van der Waals surface area contributed by atoms with Crippen LogP contribution in [0.25, 0.3) is 0 Å². The number of rotatable bonds is 5. The monoisotopic (exact) mass is 327 g/mol. The van der Waals surface area contributed by atoms with Gasteiger partial charge in [-0.15, -0.1) is 0 Å². The molecule has 0 atom stereocenters.